The molecule has 6 nitrogen and oxygen atoms in total. The van der Waals surface area contributed by atoms with E-state index in [-0.39, 0.29) is 24.7 Å². The topological polar surface area (TPSA) is 73.6 Å². The van der Waals surface area contributed by atoms with E-state index in [9.17, 15) is 9.18 Å². The van der Waals surface area contributed by atoms with Gasteiger partial charge < -0.3 is 19.3 Å². The lowest BCUT2D eigenvalue weighted by atomic mass is 10.1. The van der Waals surface area contributed by atoms with Gasteiger partial charge in [-0.25, -0.2) is 4.39 Å². The maximum Gasteiger partial charge on any atom is 0.224 e. The fourth-order valence-corrected chi connectivity index (χ4v) is 2.77. The average molecular weight is 368 g/mol. The van der Waals surface area contributed by atoms with Crippen LogP contribution in [0.25, 0.3) is 11.3 Å². The molecule has 0 saturated heterocycles. The van der Waals surface area contributed by atoms with Crippen molar-refractivity contribution in [3.05, 3.63) is 65.6 Å². The van der Waals surface area contributed by atoms with E-state index >= 15 is 0 Å². The molecule has 1 aromatic heterocycles. The van der Waals surface area contributed by atoms with Gasteiger partial charge in [-0.05, 0) is 35.9 Å². The minimum Gasteiger partial charge on any atom is -0.486 e. The van der Waals surface area contributed by atoms with E-state index in [1.54, 1.807) is 18.2 Å². The standard InChI is InChI=1S/C20H17FN2O4/c21-15-4-1-13(2-5-15)9-20(24)22-12-16-11-18(27-23-16)14-3-6-17-19(10-14)26-8-7-25-17/h1-6,10-11H,7-9,12H2,(H,22,24). The van der Waals surface area contributed by atoms with Gasteiger partial charge in [0.15, 0.2) is 17.3 Å². The van der Waals surface area contributed by atoms with Crippen LogP contribution in [-0.4, -0.2) is 24.3 Å². The number of halogens is 1. The van der Waals surface area contributed by atoms with Gasteiger partial charge in [-0.1, -0.05) is 17.3 Å². The normalized spacial score (nSPS) is 12.6. The number of aromatic nitrogens is 1. The van der Waals surface area contributed by atoms with Crippen molar-refractivity contribution in [2.75, 3.05) is 13.2 Å². The zero-order chi connectivity index (χ0) is 18.6. The van der Waals surface area contributed by atoms with Crippen LogP contribution in [0, 0.1) is 5.82 Å². The fourth-order valence-electron chi connectivity index (χ4n) is 2.77. The smallest absolute Gasteiger partial charge is 0.224 e. The molecule has 0 radical (unpaired) electrons. The Morgan fingerprint density at radius 1 is 1.04 bits per heavy atom. The Bertz CT molecular complexity index is 953. The van der Waals surface area contributed by atoms with Crippen molar-refractivity contribution >= 4 is 5.91 Å². The second-order valence-electron chi connectivity index (χ2n) is 6.12. The number of fused-ring (bicyclic) bond motifs is 1. The summed E-state index contributed by atoms with van der Waals surface area (Å²) in [6.07, 6.45) is 0.174. The van der Waals surface area contributed by atoms with Crippen LogP contribution in [0.4, 0.5) is 4.39 Å². The molecular weight excluding hydrogens is 351 g/mol. The predicted octanol–water partition coefficient (Wildman–Crippen LogP) is 3.11. The van der Waals surface area contributed by atoms with Crippen LogP contribution in [0.5, 0.6) is 11.5 Å². The summed E-state index contributed by atoms with van der Waals surface area (Å²) in [6.45, 7) is 1.29. The highest BCUT2D eigenvalue weighted by atomic mass is 19.1. The molecular formula is C20H17FN2O4. The monoisotopic (exact) mass is 368 g/mol. The van der Waals surface area contributed by atoms with Crippen LogP contribution >= 0.6 is 0 Å². The van der Waals surface area contributed by atoms with Gasteiger partial charge in [0.1, 0.15) is 24.7 Å². The van der Waals surface area contributed by atoms with Crippen LogP contribution in [-0.2, 0) is 17.8 Å². The van der Waals surface area contributed by atoms with Gasteiger partial charge in [-0.15, -0.1) is 0 Å². The van der Waals surface area contributed by atoms with Crippen LogP contribution in [0.15, 0.2) is 53.1 Å². The van der Waals surface area contributed by atoms with Gasteiger partial charge in [-0.2, -0.15) is 0 Å². The van der Waals surface area contributed by atoms with Crippen molar-refractivity contribution in [3.8, 4) is 22.8 Å². The van der Waals surface area contributed by atoms with E-state index in [4.69, 9.17) is 14.0 Å². The first-order valence-electron chi connectivity index (χ1n) is 8.54. The summed E-state index contributed by atoms with van der Waals surface area (Å²) in [5.41, 5.74) is 2.16. The summed E-state index contributed by atoms with van der Waals surface area (Å²) in [6, 6.07) is 13.1. The molecule has 0 fully saturated rings. The van der Waals surface area contributed by atoms with Crippen molar-refractivity contribution in [1.29, 1.82) is 0 Å². The molecule has 7 heteroatoms. The Hall–Kier alpha value is -3.35. The Morgan fingerprint density at radius 2 is 1.81 bits per heavy atom. The van der Waals surface area contributed by atoms with Gasteiger partial charge in [0.05, 0.1) is 13.0 Å². The van der Waals surface area contributed by atoms with Crippen LogP contribution in [0.2, 0.25) is 0 Å². The number of ether oxygens (including phenoxy) is 2. The molecule has 0 atom stereocenters. The van der Waals surface area contributed by atoms with E-state index in [1.165, 1.54) is 12.1 Å². The molecule has 27 heavy (non-hydrogen) atoms. The van der Waals surface area contributed by atoms with Crippen LogP contribution < -0.4 is 14.8 Å². The zero-order valence-corrected chi connectivity index (χ0v) is 14.4. The molecule has 2 aromatic carbocycles. The van der Waals surface area contributed by atoms with Crippen molar-refractivity contribution in [1.82, 2.24) is 10.5 Å². The minimum absolute atomic E-state index is 0.174. The third-order valence-electron chi connectivity index (χ3n) is 4.13. The largest absolute Gasteiger partial charge is 0.486 e. The van der Waals surface area contributed by atoms with E-state index in [2.05, 4.69) is 10.5 Å². The van der Waals surface area contributed by atoms with Crippen molar-refractivity contribution in [3.63, 3.8) is 0 Å². The van der Waals surface area contributed by atoms with Gasteiger partial charge in [0, 0.05) is 11.6 Å². The zero-order valence-electron chi connectivity index (χ0n) is 14.4. The highest BCUT2D eigenvalue weighted by Crippen LogP contribution is 2.34. The summed E-state index contributed by atoms with van der Waals surface area (Å²) in [5.74, 6) is 1.45. The third kappa shape index (κ3) is 4.08. The summed E-state index contributed by atoms with van der Waals surface area (Å²) in [5, 5.41) is 6.76. The molecule has 0 bridgehead atoms. The Kier molecular flexibility index (Phi) is 4.74. The first kappa shape index (κ1) is 17.1. The number of nitrogens with one attached hydrogen (secondary N) is 1. The molecule has 1 amide bonds. The van der Waals surface area contributed by atoms with Crippen LogP contribution in [0.1, 0.15) is 11.3 Å². The summed E-state index contributed by atoms with van der Waals surface area (Å²) in [7, 11) is 0. The molecule has 1 aliphatic heterocycles. The molecule has 4 rings (SSSR count). The maximum absolute atomic E-state index is 12.9. The quantitative estimate of drug-likeness (QED) is 0.749. The van der Waals surface area contributed by atoms with Crippen molar-refractivity contribution in [2.24, 2.45) is 0 Å². The second kappa shape index (κ2) is 7.49. The summed E-state index contributed by atoms with van der Waals surface area (Å²) < 4.78 is 29.3. The predicted molar refractivity (Wildman–Crippen MR) is 94.9 cm³/mol. The molecule has 2 heterocycles. The van der Waals surface area contributed by atoms with E-state index in [0.29, 0.717) is 36.2 Å². The van der Waals surface area contributed by atoms with Crippen LogP contribution in [0.3, 0.4) is 0 Å². The molecule has 3 aromatic rings. The Labute approximate surface area is 154 Å². The molecule has 138 valence electrons. The highest BCUT2D eigenvalue weighted by molar-refractivity contribution is 5.78. The molecule has 0 spiro atoms. The van der Waals surface area contributed by atoms with E-state index in [0.717, 1.165) is 11.1 Å². The highest BCUT2D eigenvalue weighted by Gasteiger charge is 2.15. The van der Waals surface area contributed by atoms with E-state index < -0.39 is 0 Å². The van der Waals surface area contributed by atoms with Crippen molar-refractivity contribution in [2.45, 2.75) is 13.0 Å². The molecule has 1 aliphatic rings. The lowest BCUT2D eigenvalue weighted by molar-refractivity contribution is -0.120. The van der Waals surface area contributed by atoms with Gasteiger partial charge in [0.2, 0.25) is 5.91 Å². The molecule has 0 aliphatic carbocycles. The van der Waals surface area contributed by atoms with Crippen molar-refractivity contribution < 1.29 is 23.2 Å². The maximum atomic E-state index is 12.9. The van der Waals surface area contributed by atoms with E-state index in [1.807, 2.05) is 18.2 Å². The molecule has 0 unspecified atom stereocenters. The number of hydrogen-bond acceptors (Lipinski definition) is 5. The number of benzene rings is 2. The number of carbonyl (C=O) groups is 1. The second-order valence-corrected chi connectivity index (χ2v) is 6.12. The lowest BCUT2D eigenvalue weighted by Crippen LogP contribution is -2.24. The third-order valence-corrected chi connectivity index (χ3v) is 4.13. The number of rotatable bonds is 5. The summed E-state index contributed by atoms with van der Waals surface area (Å²) in [4.78, 5) is 12.0. The SMILES string of the molecule is O=C(Cc1ccc(F)cc1)NCc1cc(-c2ccc3c(c2)OCCO3)on1. The number of hydrogen-bond donors (Lipinski definition) is 1. The fraction of sp³-hybridized carbons (Fsp3) is 0.200. The summed E-state index contributed by atoms with van der Waals surface area (Å²) >= 11 is 0. The van der Waals surface area contributed by atoms with Gasteiger partial charge in [-0.3, -0.25) is 4.79 Å². The first-order valence-corrected chi connectivity index (χ1v) is 8.54. The number of carbonyl (C=O) groups excluding carboxylic acids is 1. The minimum atomic E-state index is -0.326. The number of nitrogens with zero attached hydrogens (tertiary/aromatic N) is 1. The average Bonchev–Trinajstić information content (AvgIpc) is 3.17. The van der Waals surface area contributed by atoms with Gasteiger partial charge >= 0.3 is 0 Å². The number of amides is 1. The van der Waals surface area contributed by atoms with Gasteiger partial charge in [0.25, 0.3) is 0 Å². The Balaban J connectivity index is 1.36. The molecule has 0 saturated carbocycles. The Morgan fingerprint density at radius 3 is 2.63 bits per heavy atom. The lowest BCUT2D eigenvalue weighted by Gasteiger charge is -2.18. The first-order chi connectivity index (χ1) is 13.2. The molecule has 1 N–H and O–H groups in total.